The molecule has 12 heteroatoms. The highest BCUT2D eigenvalue weighted by molar-refractivity contribution is 9.28. The van der Waals surface area contributed by atoms with E-state index in [0.717, 1.165) is 14.5 Å². The zero-order chi connectivity index (χ0) is 55.9. The van der Waals surface area contributed by atoms with Gasteiger partial charge in [-0.2, -0.15) is 0 Å². The molecule has 1 aliphatic carbocycles. The fraction of sp³-hybridized carbons (Fsp3) is 0.438. The Hall–Kier alpha value is -3.99. The second kappa shape index (κ2) is 25.4. The van der Waals surface area contributed by atoms with Gasteiger partial charge in [0.15, 0.2) is 17.1 Å². The van der Waals surface area contributed by atoms with Gasteiger partial charge in [0.05, 0.1) is 29.8 Å². The molecule has 0 amide bonds. The average molecular weight is 1210 g/mol. The third-order valence-electron chi connectivity index (χ3n) is 14.9. The molecule has 76 heavy (non-hydrogen) atoms. The van der Waals surface area contributed by atoms with Gasteiger partial charge in [0.1, 0.15) is 5.57 Å². The Bertz CT molecular complexity index is 2690. The van der Waals surface area contributed by atoms with Gasteiger partial charge in [-0.1, -0.05) is 228 Å². The lowest BCUT2D eigenvalue weighted by Crippen LogP contribution is -2.68. The van der Waals surface area contributed by atoms with Crippen molar-refractivity contribution in [1.82, 2.24) is 0 Å². The highest BCUT2D eigenvalue weighted by atomic mass is 79.9. The van der Waals surface area contributed by atoms with Crippen molar-refractivity contribution in [2.24, 2.45) is 23.7 Å². The van der Waals surface area contributed by atoms with Crippen LogP contribution in [0.25, 0.3) is 0 Å². The van der Waals surface area contributed by atoms with Crippen molar-refractivity contribution in [2.75, 3.05) is 20.3 Å². The summed E-state index contributed by atoms with van der Waals surface area (Å²) in [7, 11) is -3.99. The minimum Gasteiger partial charge on any atom is -0.496 e. The van der Waals surface area contributed by atoms with Crippen LogP contribution in [0.1, 0.15) is 110 Å². The summed E-state index contributed by atoms with van der Waals surface area (Å²) in [6, 6.07) is 42.7. The zero-order valence-corrected chi connectivity index (χ0v) is 53.9. The number of rotatable bonds is 21. The van der Waals surface area contributed by atoms with Crippen molar-refractivity contribution in [3.63, 3.8) is 0 Å². The first kappa shape index (κ1) is 61.2. The Morgan fingerprint density at radius 3 is 1.67 bits per heavy atom. The van der Waals surface area contributed by atoms with Crippen molar-refractivity contribution in [2.45, 2.75) is 137 Å². The maximum Gasteiger partial charge on any atom is 0.346 e. The molecule has 1 aliphatic heterocycles. The summed E-state index contributed by atoms with van der Waals surface area (Å²) in [6.45, 7) is 31.3. The molecule has 0 bridgehead atoms. The van der Waals surface area contributed by atoms with Crippen LogP contribution in [0.3, 0.4) is 0 Å². The maximum atomic E-state index is 14.9. The lowest BCUT2D eigenvalue weighted by atomic mass is 9.70. The molecule has 7 nitrogen and oxygen atoms in total. The summed E-state index contributed by atoms with van der Waals surface area (Å²) in [4.78, 5) is 29.5. The minimum atomic E-state index is -2.94. The van der Waals surface area contributed by atoms with E-state index in [-0.39, 0.29) is 50.3 Å². The number of ketones is 1. The number of carbonyl (C=O) groups excluding carboxylic acids is 2. The van der Waals surface area contributed by atoms with E-state index in [1.165, 1.54) is 20.7 Å². The number of hydrogen-bond donors (Lipinski definition) is 0. The van der Waals surface area contributed by atoms with Gasteiger partial charge in [0.25, 0.3) is 16.6 Å². The lowest BCUT2D eigenvalue weighted by molar-refractivity contribution is -0.153. The van der Waals surface area contributed by atoms with Crippen molar-refractivity contribution in [1.29, 1.82) is 0 Å². The molecule has 0 N–H and O–H groups in total. The van der Waals surface area contributed by atoms with Gasteiger partial charge >= 0.3 is 5.97 Å². The summed E-state index contributed by atoms with van der Waals surface area (Å²) in [6.07, 6.45) is 9.24. The number of benzene rings is 4. The van der Waals surface area contributed by atoms with E-state index in [9.17, 15) is 9.59 Å². The third-order valence-corrected chi connectivity index (χ3v) is 26.4. The molecule has 1 spiro atoms. The van der Waals surface area contributed by atoms with E-state index >= 15 is 0 Å². The standard InChI is InChI=1S/C64H82Br2O7Si3/c1-44(36-46(3)55(40-56(65)66)73-76(63(12,13)14,53-32-24-18-25-33-53)54-34-26-19-27-35-54)37-47(4)58(67)57-59(69-15)64(72-60(57)68)41-48(5)49(39-50(64)38-45(2)42-70-74-61(6,7)8)43-71-75(62(9,10)11,51-28-20-16-21-29-51)52-30-22-17-23-31-52/h16-35,37-40,44,46,48,50,55H,36,41-43H2,1-15H3/b45-38+,47-37+/t44-,46-,48+,50+,55+,64-/m0/s1. The van der Waals surface area contributed by atoms with E-state index in [1.807, 2.05) is 6.08 Å². The molecular formula is C64H82Br2O7Si3. The van der Waals surface area contributed by atoms with Crippen molar-refractivity contribution in [3.05, 3.63) is 177 Å². The SMILES string of the molecule is COC1=C(C(=O)/C(C)=C/[C@@H](C)C[C@H](C)[C@@H](C=C(Br)Br)O[Si](c2ccccc2)(c2ccccc2)C(C)(C)C)C(=O)O[C@]12C[C@@H](C)C(CO[Si](c1ccccc1)(c1ccccc1)C(C)(C)C)=C[C@H]2/C=C(\C)CO[Si]C(C)(C)C. The first-order chi connectivity index (χ1) is 35.7. The molecule has 406 valence electrons. The molecule has 1 heterocycles. The van der Waals surface area contributed by atoms with Crippen LogP contribution in [-0.4, -0.2) is 70.2 Å². The summed E-state index contributed by atoms with van der Waals surface area (Å²) in [5, 5.41) is 4.37. The number of allylic oxidation sites excluding steroid dienone is 2. The van der Waals surface area contributed by atoms with Crippen LogP contribution in [-0.2, 0) is 32.3 Å². The predicted octanol–water partition coefficient (Wildman–Crippen LogP) is 13.9. The van der Waals surface area contributed by atoms with Gasteiger partial charge < -0.3 is 22.8 Å². The number of esters is 1. The molecule has 2 aliphatic rings. The Morgan fingerprint density at radius 2 is 1.24 bits per heavy atom. The van der Waals surface area contributed by atoms with Gasteiger partial charge in [0, 0.05) is 12.3 Å². The predicted molar refractivity (Wildman–Crippen MR) is 327 cm³/mol. The molecule has 4 aromatic carbocycles. The number of Topliss-reactive ketones (excluding diaryl/α,β-unsaturated/α-hetero) is 1. The fourth-order valence-corrected chi connectivity index (χ4v) is 22.0. The normalized spacial score (nSPS) is 20.2. The van der Waals surface area contributed by atoms with Crippen LogP contribution in [0.2, 0.25) is 15.1 Å². The number of methoxy groups -OCH3 is 1. The third kappa shape index (κ3) is 13.7. The van der Waals surface area contributed by atoms with E-state index in [2.05, 4.69) is 261 Å². The molecule has 0 aromatic heterocycles. The Morgan fingerprint density at radius 1 is 0.763 bits per heavy atom. The lowest BCUT2D eigenvalue weighted by Gasteiger charge is -2.46. The average Bonchev–Trinajstić information content (AvgIpc) is 3.68. The fourth-order valence-electron chi connectivity index (χ4n) is 11.5. The van der Waals surface area contributed by atoms with E-state index in [1.54, 1.807) is 14.0 Å². The minimum absolute atomic E-state index is 0.0119. The molecule has 0 fully saturated rings. The van der Waals surface area contributed by atoms with Crippen LogP contribution in [0.4, 0.5) is 0 Å². The van der Waals surface area contributed by atoms with Crippen LogP contribution >= 0.6 is 31.9 Å². The Kier molecular flexibility index (Phi) is 20.5. The first-order valence-electron chi connectivity index (χ1n) is 26.8. The van der Waals surface area contributed by atoms with E-state index in [4.69, 9.17) is 22.8 Å². The van der Waals surface area contributed by atoms with Gasteiger partial charge in [-0.25, -0.2) is 4.79 Å². The highest BCUT2D eigenvalue weighted by Crippen LogP contribution is 2.51. The first-order valence-corrected chi connectivity index (χ1v) is 33.1. The Labute approximate surface area is 477 Å². The summed E-state index contributed by atoms with van der Waals surface area (Å²) in [5.74, 6) is -1.42. The topological polar surface area (TPSA) is 80.3 Å². The second-order valence-corrected chi connectivity index (χ2v) is 37.6. The van der Waals surface area contributed by atoms with Crippen LogP contribution in [0.15, 0.2) is 177 Å². The summed E-state index contributed by atoms with van der Waals surface area (Å²) >= 11 is 7.37. The largest absolute Gasteiger partial charge is 0.496 e. The number of hydrogen-bond acceptors (Lipinski definition) is 7. The van der Waals surface area contributed by atoms with Gasteiger partial charge in [0.2, 0.25) is 9.76 Å². The van der Waals surface area contributed by atoms with Crippen LogP contribution in [0.5, 0.6) is 0 Å². The molecule has 6 rings (SSSR count). The molecule has 0 saturated heterocycles. The van der Waals surface area contributed by atoms with Crippen molar-refractivity contribution in [3.8, 4) is 0 Å². The number of ether oxygens (including phenoxy) is 2. The second-order valence-electron chi connectivity index (χ2n) is 24.2. The van der Waals surface area contributed by atoms with Crippen molar-refractivity contribution < 1.29 is 32.3 Å². The van der Waals surface area contributed by atoms with Crippen LogP contribution < -0.4 is 20.7 Å². The van der Waals surface area contributed by atoms with Gasteiger partial charge in [-0.3, -0.25) is 4.79 Å². The molecule has 0 unspecified atom stereocenters. The monoisotopic (exact) mass is 1200 g/mol. The smallest absolute Gasteiger partial charge is 0.346 e. The molecule has 6 atom stereocenters. The van der Waals surface area contributed by atoms with Crippen molar-refractivity contribution >= 4 is 90.8 Å². The van der Waals surface area contributed by atoms with Crippen LogP contribution in [0, 0.1) is 23.7 Å². The highest BCUT2D eigenvalue weighted by Gasteiger charge is 2.58. The van der Waals surface area contributed by atoms with E-state index < -0.39 is 39.9 Å². The number of halogens is 2. The maximum absolute atomic E-state index is 14.9. The number of carbonyl (C=O) groups is 2. The zero-order valence-electron chi connectivity index (χ0n) is 47.7. The molecule has 4 aromatic rings. The van der Waals surface area contributed by atoms with Gasteiger partial charge in [-0.15, -0.1) is 0 Å². The summed E-state index contributed by atoms with van der Waals surface area (Å²) < 4.78 is 35.2. The quantitative estimate of drug-likeness (QED) is 0.0270. The van der Waals surface area contributed by atoms with E-state index in [0.29, 0.717) is 41.4 Å². The summed E-state index contributed by atoms with van der Waals surface area (Å²) in [5.41, 5.74) is 1.23. The Balaban J connectivity index is 1.35. The molecule has 0 saturated carbocycles. The molecule has 2 radical (unpaired) electrons. The van der Waals surface area contributed by atoms with Gasteiger partial charge in [-0.05, 0) is 123 Å². The molecular weight excluding hydrogens is 1120 g/mol.